The molecule has 0 spiro atoms. The molecule has 5 heteroatoms. The Kier molecular flexibility index (Phi) is 3.13. The molecule has 1 aromatic rings. The van der Waals surface area contributed by atoms with Crippen molar-refractivity contribution in [2.75, 3.05) is 13.2 Å². The molecule has 98 valence electrons. The minimum Gasteiger partial charge on any atom is -0.373 e. The van der Waals surface area contributed by atoms with Crippen LogP contribution >= 0.6 is 0 Å². The van der Waals surface area contributed by atoms with Crippen LogP contribution in [0.4, 0.5) is 0 Å². The van der Waals surface area contributed by atoms with Crippen molar-refractivity contribution in [3.8, 4) is 0 Å². The zero-order chi connectivity index (χ0) is 12.6. The third-order valence-corrected chi connectivity index (χ3v) is 5.56. The maximum atomic E-state index is 12.5. The highest BCUT2D eigenvalue weighted by atomic mass is 32.2. The van der Waals surface area contributed by atoms with Gasteiger partial charge in [0.25, 0.3) is 0 Å². The van der Waals surface area contributed by atoms with E-state index in [-0.39, 0.29) is 17.5 Å². The molecule has 0 N–H and O–H groups in total. The van der Waals surface area contributed by atoms with Gasteiger partial charge in [0.2, 0.25) is 0 Å². The first-order valence-corrected chi connectivity index (χ1v) is 7.73. The molecule has 0 unspecified atom stereocenters. The summed E-state index contributed by atoms with van der Waals surface area (Å²) in [6, 6.07) is 8.64. The number of hydrogen-bond acceptors (Lipinski definition) is 4. The molecule has 0 aliphatic carbocycles. The van der Waals surface area contributed by atoms with Crippen molar-refractivity contribution in [2.24, 2.45) is 0 Å². The highest BCUT2D eigenvalue weighted by Gasteiger charge is 2.39. The summed E-state index contributed by atoms with van der Waals surface area (Å²) in [5, 5.41) is -0.389. The van der Waals surface area contributed by atoms with Gasteiger partial charge in [-0.25, -0.2) is 8.42 Å². The van der Waals surface area contributed by atoms with Crippen molar-refractivity contribution in [2.45, 2.75) is 35.2 Å². The second-order valence-corrected chi connectivity index (χ2v) is 7.09. The first-order valence-electron chi connectivity index (χ1n) is 6.18. The molecule has 2 aliphatic heterocycles. The van der Waals surface area contributed by atoms with E-state index in [0.717, 1.165) is 0 Å². The van der Waals surface area contributed by atoms with Crippen LogP contribution < -0.4 is 0 Å². The summed E-state index contributed by atoms with van der Waals surface area (Å²) in [5.41, 5.74) is 0. The quantitative estimate of drug-likeness (QED) is 0.732. The first kappa shape index (κ1) is 12.1. The molecule has 3 rings (SSSR count). The van der Waals surface area contributed by atoms with Crippen molar-refractivity contribution in [1.29, 1.82) is 0 Å². The van der Waals surface area contributed by atoms with Gasteiger partial charge in [-0.05, 0) is 25.0 Å². The van der Waals surface area contributed by atoms with Gasteiger partial charge in [0, 0.05) is 0 Å². The lowest BCUT2D eigenvalue weighted by Gasteiger charge is -2.15. The van der Waals surface area contributed by atoms with Crippen LogP contribution in [0.15, 0.2) is 35.2 Å². The van der Waals surface area contributed by atoms with E-state index in [1.54, 1.807) is 24.3 Å². The van der Waals surface area contributed by atoms with Crippen LogP contribution in [0, 0.1) is 0 Å². The average Bonchev–Trinajstić information content (AvgIpc) is 3.24. The van der Waals surface area contributed by atoms with Gasteiger partial charge in [0.1, 0.15) is 0 Å². The average molecular weight is 268 g/mol. The summed E-state index contributed by atoms with van der Waals surface area (Å²) >= 11 is 0. The lowest BCUT2D eigenvalue weighted by atomic mass is 10.1. The van der Waals surface area contributed by atoms with Crippen molar-refractivity contribution in [3.05, 3.63) is 30.3 Å². The molecule has 4 nitrogen and oxygen atoms in total. The normalized spacial score (nSPS) is 26.3. The molecule has 0 amide bonds. The van der Waals surface area contributed by atoms with Crippen LogP contribution in [0.5, 0.6) is 0 Å². The van der Waals surface area contributed by atoms with Crippen LogP contribution in [-0.4, -0.2) is 39.1 Å². The minimum absolute atomic E-state index is 0.118. The van der Waals surface area contributed by atoms with Crippen LogP contribution in [0.2, 0.25) is 0 Å². The number of sulfone groups is 1. The van der Waals surface area contributed by atoms with E-state index in [4.69, 9.17) is 9.47 Å². The van der Waals surface area contributed by atoms with Crippen molar-refractivity contribution < 1.29 is 17.9 Å². The fourth-order valence-electron chi connectivity index (χ4n) is 2.15. The number of rotatable bonds is 6. The van der Waals surface area contributed by atoms with E-state index >= 15 is 0 Å². The van der Waals surface area contributed by atoms with Gasteiger partial charge in [-0.1, -0.05) is 18.2 Å². The van der Waals surface area contributed by atoms with Gasteiger partial charge in [-0.2, -0.15) is 0 Å². The second-order valence-electron chi connectivity index (χ2n) is 4.86. The fourth-order valence-corrected chi connectivity index (χ4v) is 4.00. The molecule has 2 saturated heterocycles. The topological polar surface area (TPSA) is 59.2 Å². The molecule has 2 fully saturated rings. The lowest BCUT2D eigenvalue weighted by Crippen LogP contribution is -2.25. The Morgan fingerprint density at radius 3 is 2.00 bits per heavy atom. The zero-order valence-electron chi connectivity index (χ0n) is 9.99. The molecular weight excluding hydrogens is 252 g/mol. The van der Waals surface area contributed by atoms with Gasteiger partial charge in [-0.15, -0.1) is 0 Å². The van der Waals surface area contributed by atoms with E-state index < -0.39 is 9.84 Å². The Morgan fingerprint density at radius 2 is 1.56 bits per heavy atom. The third-order valence-electron chi connectivity index (χ3n) is 3.37. The minimum atomic E-state index is -3.27. The van der Waals surface area contributed by atoms with Gasteiger partial charge < -0.3 is 9.47 Å². The number of hydrogen-bond donors (Lipinski definition) is 0. The molecular formula is C13H16O4S. The largest absolute Gasteiger partial charge is 0.373 e. The Balaban J connectivity index is 1.82. The predicted molar refractivity (Wildman–Crippen MR) is 66.1 cm³/mol. The van der Waals surface area contributed by atoms with E-state index in [1.807, 2.05) is 6.07 Å². The number of epoxide rings is 2. The van der Waals surface area contributed by atoms with Crippen LogP contribution in [0.3, 0.4) is 0 Å². The molecule has 2 atom stereocenters. The SMILES string of the molecule is O=S(=O)(c1ccccc1)C(C[C@H]1CO1)C[C@H]1CO1. The fraction of sp³-hybridized carbons (Fsp3) is 0.538. The molecule has 0 bridgehead atoms. The summed E-state index contributed by atoms with van der Waals surface area (Å²) in [6.07, 6.45) is 1.40. The summed E-state index contributed by atoms with van der Waals surface area (Å²) in [5.74, 6) is 0. The summed E-state index contributed by atoms with van der Waals surface area (Å²) in [6.45, 7) is 1.37. The Labute approximate surface area is 107 Å². The van der Waals surface area contributed by atoms with Crippen molar-refractivity contribution >= 4 is 9.84 Å². The monoisotopic (exact) mass is 268 g/mol. The van der Waals surface area contributed by atoms with Crippen molar-refractivity contribution in [3.63, 3.8) is 0 Å². The number of ether oxygens (including phenoxy) is 2. The zero-order valence-corrected chi connectivity index (χ0v) is 10.8. The lowest BCUT2D eigenvalue weighted by molar-refractivity contribution is 0.363. The summed E-state index contributed by atoms with van der Waals surface area (Å²) in [4.78, 5) is 0.399. The van der Waals surface area contributed by atoms with Gasteiger partial charge in [0.15, 0.2) is 9.84 Å². The predicted octanol–water partition coefficient (Wildman–Crippen LogP) is 1.41. The van der Waals surface area contributed by atoms with E-state index in [9.17, 15) is 8.42 Å². The van der Waals surface area contributed by atoms with Crippen molar-refractivity contribution in [1.82, 2.24) is 0 Å². The molecule has 18 heavy (non-hydrogen) atoms. The Morgan fingerprint density at radius 1 is 1.06 bits per heavy atom. The smallest absolute Gasteiger partial charge is 0.181 e. The number of benzene rings is 1. The molecule has 2 heterocycles. The highest BCUT2D eigenvalue weighted by Crippen LogP contribution is 2.30. The molecule has 2 aliphatic rings. The van der Waals surface area contributed by atoms with Crippen LogP contribution in [0.25, 0.3) is 0 Å². The Hall–Kier alpha value is -0.910. The van der Waals surface area contributed by atoms with Gasteiger partial charge in [-0.3, -0.25) is 0 Å². The maximum Gasteiger partial charge on any atom is 0.181 e. The van der Waals surface area contributed by atoms with Gasteiger partial charge in [0.05, 0.1) is 35.6 Å². The first-order chi connectivity index (χ1) is 8.66. The maximum absolute atomic E-state index is 12.5. The molecule has 1 aromatic carbocycles. The molecule has 0 saturated carbocycles. The third kappa shape index (κ3) is 2.74. The molecule has 0 radical (unpaired) electrons. The van der Waals surface area contributed by atoms with Gasteiger partial charge >= 0.3 is 0 Å². The van der Waals surface area contributed by atoms with Crippen LogP contribution in [0.1, 0.15) is 12.8 Å². The second kappa shape index (κ2) is 4.64. The summed E-state index contributed by atoms with van der Waals surface area (Å²) < 4.78 is 35.4. The van der Waals surface area contributed by atoms with E-state index in [2.05, 4.69) is 0 Å². The molecule has 0 aromatic heterocycles. The van der Waals surface area contributed by atoms with E-state index in [0.29, 0.717) is 31.0 Å². The standard InChI is InChI=1S/C13H16O4S/c14-18(15,12-4-2-1-3-5-12)13(6-10-8-16-10)7-11-9-17-11/h1-5,10-11,13H,6-9H2/t10-,11-/m0/s1. The highest BCUT2D eigenvalue weighted by molar-refractivity contribution is 7.92. The summed E-state index contributed by atoms with van der Waals surface area (Å²) in [7, 11) is -3.27. The van der Waals surface area contributed by atoms with Crippen LogP contribution in [-0.2, 0) is 19.3 Å². The Bertz CT molecular complexity index is 489. The van der Waals surface area contributed by atoms with E-state index in [1.165, 1.54) is 0 Å².